The van der Waals surface area contributed by atoms with Crippen LogP contribution in [0, 0.1) is 11.3 Å². The van der Waals surface area contributed by atoms with Gasteiger partial charge in [-0.2, -0.15) is 5.26 Å². The summed E-state index contributed by atoms with van der Waals surface area (Å²) in [7, 11) is 0. The van der Waals surface area contributed by atoms with Crippen LogP contribution in [0.15, 0.2) is 79.1 Å². The number of carbonyl (C=O) groups is 1. The van der Waals surface area contributed by atoms with E-state index in [9.17, 15) is 4.79 Å². The zero-order chi connectivity index (χ0) is 21.5. The zero-order valence-corrected chi connectivity index (χ0v) is 17.2. The van der Waals surface area contributed by atoms with Gasteiger partial charge in [-0.3, -0.25) is 9.88 Å². The number of nitrogens with zero attached hydrogens (tertiary/aromatic N) is 3. The van der Waals surface area contributed by atoms with Gasteiger partial charge in [0, 0.05) is 37.2 Å². The van der Waals surface area contributed by atoms with E-state index in [4.69, 9.17) is 5.26 Å². The number of amides is 2. The summed E-state index contributed by atoms with van der Waals surface area (Å²) in [4.78, 5) is 19.1. The maximum absolute atomic E-state index is 12.3. The summed E-state index contributed by atoms with van der Waals surface area (Å²) in [6, 6.07) is 23.5. The lowest BCUT2D eigenvalue weighted by Gasteiger charge is -2.38. The third-order valence-corrected chi connectivity index (χ3v) is 5.62. The molecule has 156 valence electrons. The molecular weight excluding hydrogens is 386 g/mol. The van der Waals surface area contributed by atoms with Gasteiger partial charge in [0.05, 0.1) is 17.7 Å². The van der Waals surface area contributed by atoms with Crippen LogP contribution in [-0.4, -0.2) is 35.0 Å². The lowest BCUT2D eigenvalue weighted by Crippen LogP contribution is -2.47. The second kappa shape index (κ2) is 9.88. The Labute approximate surface area is 182 Å². The lowest BCUT2D eigenvalue weighted by molar-refractivity contribution is 0.164. The second-order valence-electron chi connectivity index (χ2n) is 7.70. The number of urea groups is 1. The van der Waals surface area contributed by atoms with Gasteiger partial charge in [-0.25, -0.2) is 4.79 Å². The number of nitrogens with one attached hydrogen (secondary N) is 2. The average molecular weight is 412 g/mol. The molecule has 3 aromatic rings. The first-order valence-corrected chi connectivity index (χ1v) is 10.5. The Balaban J connectivity index is 1.41. The Morgan fingerprint density at radius 1 is 1.00 bits per heavy atom. The highest BCUT2D eigenvalue weighted by Crippen LogP contribution is 2.31. The molecule has 1 aliphatic heterocycles. The van der Waals surface area contributed by atoms with Crippen molar-refractivity contribution in [2.75, 3.05) is 18.4 Å². The first-order valence-electron chi connectivity index (χ1n) is 10.5. The fourth-order valence-corrected chi connectivity index (χ4v) is 4.07. The van der Waals surface area contributed by atoms with Crippen LogP contribution in [0.2, 0.25) is 0 Å². The largest absolute Gasteiger partial charge is 0.335 e. The van der Waals surface area contributed by atoms with Crippen molar-refractivity contribution in [3.63, 3.8) is 0 Å². The lowest BCUT2D eigenvalue weighted by atomic mass is 9.94. The van der Waals surface area contributed by atoms with Crippen molar-refractivity contribution in [3.8, 4) is 6.07 Å². The number of pyridine rings is 1. The highest BCUT2D eigenvalue weighted by Gasteiger charge is 2.28. The maximum atomic E-state index is 12.3. The van der Waals surface area contributed by atoms with Crippen molar-refractivity contribution < 1.29 is 4.79 Å². The average Bonchev–Trinajstić information content (AvgIpc) is 2.82. The molecule has 2 heterocycles. The fourth-order valence-electron chi connectivity index (χ4n) is 4.07. The van der Waals surface area contributed by atoms with Crippen LogP contribution in [-0.2, 0) is 0 Å². The first-order chi connectivity index (χ1) is 15.2. The van der Waals surface area contributed by atoms with Crippen LogP contribution < -0.4 is 10.6 Å². The third kappa shape index (κ3) is 5.27. The van der Waals surface area contributed by atoms with E-state index in [0.29, 0.717) is 5.56 Å². The molecule has 2 amide bonds. The highest BCUT2D eigenvalue weighted by molar-refractivity contribution is 5.89. The number of likely N-dealkylation sites (tertiary alicyclic amines) is 1. The molecule has 0 saturated carbocycles. The summed E-state index contributed by atoms with van der Waals surface area (Å²) in [5.74, 6) is 0. The van der Waals surface area contributed by atoms with Gasteiger partial charge in [-0.1, -0.05) is 36.4 Å². The molecule has 2 N–H and O–H groups in total. The Morgan fingerprint density at radius 3 is 2.39 bits per heavy atom. The quantitative estimate of drug-likeness (QED) is 0.655. The molecule has 0 aliphatic carbocycles. The van der Waals surface area contributed by atoms with E-state index in [0.717, 1.165) is 42.7 Å². The summed E-state index contributed by atoms with van der Waals surface area (Å²) in [6.07, 6.45) is 5.42. The zero-order valence-electron chi connectivity index (χ0n) is 17.2. The van der Waals surface area contributed by atoms with E-state index in [-0.39, 0.29) is 18.1 Å². The van der Waals surface area contributed by atoms with E-state index in [1.54, 1.807) is 6.20 Å². The highest BCUT2D eigenvalue weighted by atomic mass is 16.2. The second-order valence-corrected chi connectivity index (χ2v) is 7.70. The summed E-state index contributed by atoms with van der Waals surface area (Å²) in [5, 5.41) is 15.1. The van der Waals surface area contributed by atoms with Crippen LogP contribution in [0.4, 0.5) is 10.5 Å². The third-order valence-electron chi connectivity index (χ3n) is 5.62. The number of nitriles is 1. The molecule has 1 fully saturated rings. The van der Waals surface area contributed by atoms with E-state index in [1.807, 2.05) is 66.9 Å². The molecule has 0 bridgehead atoms. The van der Waals surface area contributed by atoms with Crippen molar-refractivity contribution in [2.45, 2.75) is 24.9 Å². The number of piperidine rings is 1. The first kappa shape index (κ1) is 20.6. The molecule has 0 radical (unpaired) electrons. The molecule has 1 aromatic heterocycles. The van der Waals surface area contributed by atoms with Crippen molar-refractivity contribution in [3.05, 3.63) is 95.8 Å². The Hall–Kier alpha value is -3.69. The molecule has 2 aromatic carbocycles. The van der Waals surface area contributed by atoms with Gasteiger partial charge in [0.2, 0.25) is 0 Å². The van der Waals surface area contributed by atoms with E-state index < -0.39 is 0 Å². The van der Waals surface area contributed by atoms with E-state index in [1.165, 1.54) is 0 Å². The number of hydrogen-bond acceptors (Lipinski definition) is 4. The summed E-state index contributed by atoms with van der Waals surface area (Å²) in [5.41, 5.74) is 3.71. The Bertz CT molecular complexity index is 1020. The minimum absolute atomic E-state index is 0.0699. The van der Waals surface area contributed by atoms with Gasteiger partial charge < -0.3 is 10.6 Å². The minimum Gasteiger partial charge on any atom is -0.335 e. The van der Waals surface area contributed by atoms with Gasteiger partial charge >= 0.3 is 6.03 Å². The standard InChI is InChI=1S/C25H25N5O/c26-17-19-8-10-20(11-9-19)24(21-5-4-14-27-18-21)30-15-12-23(13-16-30)29-25(31)28-22-6-2-1-3-7-22/h1-11,14,18,23-24H,12-13,15-16H2,(H2,28,29,31). The van der Waals surface area contributed by atoms with E-state index in [2.05, 4.69) is 32.7 Å². The van der Waals surface area contributed by atoms with E-state index >= 15 is 0 Å². The predicted octanol–water partition coefficient (Wildman–Crippen LogP) is 4.33. The van der Waals surface area contributed by atoms with Crippen LogP contribution in [0.3, 0.4) is 0 Å². The van der Waals surface area contributed by atoms with Crippen LogP contribution >= 0.6 is 0 Å². The smallest absolute Gasteiger partial charge is 0.319 e. The molecule has 1 atom stereocenters. The number of anilines is 1. The monoisotopic (exact) mass is 411 g/mol. The topological polar surface area (TPSA) is 81.1 Å². The number of benzene rings is 2. The summed E-state index contributed by atoms with van der Waals surface area (Å²) >= 11 is 0. The molecular formula is C25H25N5O. The minimum atomic E-state index is -0.166. The molecule has 31 heavy (non-hydrogen) atoms. The van der Waals surface area contributed by atoms with Gasteiger partial charge in [0.25, 0.3) is 0 Å². The van der Waals surface area contributed by atoms with Gasteiger partial charge in [0.1, 0.15) is 0 Å². The van der Waals surface area contributed by atoms with Crippen LogP contribution in [0.25, 0.3) is 0 Å². The molecule has 4 rings (SSSR count). The van der Waals surface area contributed by atoms with Crippen LogP contribution in [0.5, 0.6) is 0 Å². The number of carbonyl (C=O) groups excluding carboxylic acids is 1. The Kier molecular flexibility index (Phi) is 6.56. The van der Waals surface area contributed by atoms with Crippen molar-refractivity contribution in [2.24, 2.45) is 0 Å². The predicted molar refractivity (Wildman–Crippen MR) is 120 cm³/mol. The Morgan fingerprint density at radius 2 is 1.74 bits per heavy atom. The van der Waals surface area contributed by atoms with Gasteiger partial charge in [0.15, 0.2) is 0 Å². The van der Waals surface area contributed by atoms with Gasteiger partial charge in [-0.05, 0) is 54.3 Å². The molecule has 6 nitrogen and oxygen atoms in total. The SMILES string of the molecule is N#Cc1ccc(C(c2cccnc2)N2CCC(NC(=O)Nc3ccccc3)CC2)cc1. The van der Waals surface area contributed by atoms with Crippen molar-refractivity contribution in [1.29, 1.82) is 5.26 Å². The molecule has 1 aliphatic rings. The number of para-hydroxylation sites is 1. The van der Waals surface area contributed by atoms with Crippen LogP contribution in [0.1, 0.15) is 35.6 Å². The molecule has 1 saturated heterocycles. The number of aromatic nitrogens is 1. The van der Waals surface area contributed by atoms with Crippen molar-refractivity contribution >= 4 is 11.7 Å². The molecule has 6 heteroatoms. The fraction of sp³-hybridized carbons (Fsp3) is 0.240. The van der Waals surface area contributed by atoms with Gasteiger partial charge in [-0.15, -0.1) is 0 Å². The summed E-state index contributed by atoms with van der Waals surface area (Å²) in [6.45, 7) is 1.71. The number of rotatable bonds is 5. The number of hydrogen-bond donors (Lipinski definition) is 2. The molecule has 0 spiro atoms. The van der Waals surface area contributed by atoms with Crippen molar-refractivity contribution in [1.82, 2.24) is 15.2 Å². The normalized spacial score (nSPS) is 15.6. The maximum Gasteiger partial charge on any atom is 0.319 e. The molecule has 1 unspecified atom stereocenters. The summed E-state index contributed by atoms with van der Waals surface area (Å²) < 4.78 is 0.